The van der Waals surface area contributed by atoms with Gasteiger partial charge in [0.25, 0.3) is 5.91 Å². The largest absolute Gasteiger partial charge is 0.445 e. The number of primary amides is 1. The molecule has 0 aliphatic carbocycles. The molecule has 56 heavy (non-hydrogen) atoms. The molecular formula is C44H50N4O8. The summed E-state index contributed by atoms with van der Waals surface area (Å²) in [5.41, 5.74) is 8.00. The minimum atomic E-state index is -1.28. The van der Waals surface area contributed by atoms with Crippen molar-refractivity contribution >= 4 is 51.9 Å². The van der Waals surface area contributed by atoms with E-state index >= 15 is 0 Å². The van der Waals surface area contributed by atoms with Crippen molar-refractivity contribution in [2.75, 3.05) is 6.54 Å². The third-order valence-corrected chi connectivity index (χ3v) is 9.34. The fourth-order valence-corrected chi connectivity index (χ4v) is 6.37. The van der Waals surface area contributed by atoms with Gasteiger partial charge in [-0.3, -0.25) is 28.8 Å². The van der Waals surface area contributed by atoms with Gasteiger partial charge in [0, 0.05) is 24.7 Å². The Hall–Kier alpha value is -6.17. The highest BCUT2D eigenvalue weighted by molar-refractivity contribution is 6.38. The summed E-state index contributed by atoms with van der Waals surface area (Å²) in [6, 6.07) is 29.4. The van der Waals surface area contributed by atoms with Crippen molar-refractivity contribution in [3.05, 3.63) is 120 Å². The molecule has 0 radical (unpaired) electrons. The predicted octanol–water partition coefficient (Wildman–Crippen LogP) is 4.79. The van der Waals surface area contributed by atoms with E-state index in [4.69, 9.17) is 10.5 Å². The summed E-state index contributed by atoms with van der Waals surface area (Å²) < 4.78 is 5.37. The third-order valence-electron chi connectivity index (χ3n) is 9.34. The Labute approximate surface area is 326 Å². The highest BCUT2D eigenvalue weighted by atomic mass is 16.5. The number of nitrogens with one attached hydrogen (secondary N) is 3. The molecule has 0 aliphatic heterocycles. The van der Waals surface area contributed by atoms with Crippen LogP contribution in [0.1, 0.15) is 56.7 Å². The van der Waals surface area contributed by atoms with Crippen molar-refractivity contribution in [2.24, 2.45) is 23.5 Å². The number of ether oxygens (including phenoxy) is 1. The number of Topliss-reactive ketones (excluding diaryl/α,β-unsaturated/α-hetero) is 3. The van der Waals surface area contributed by atoms with Gasteiger partial charge in [0.2, 0.25) is 17.6 Å². The van der Waals surface area contributed by atoms with Crippen molar-refractivity contribution in [3.63, 3.8) is 0 Å². The van der Waals surface area contributed by atoms with Gasteiger partial charge in [-0.15, -0.1) is 0 Å². The van der Waals surface area contributed by atoms with E-state index in [0.29, 0.717) is 0 Å². The normalized spacial score (nSPS) is 13.1. The molecule has 0 spiro atoms. The number of alkyl carbamates (subject to hydrolysis) is 1. The Bertz CT molecular complexity index is 2000. The van der Waals surface area contributed by atoms with Gasteiger partial charge in [0.15, 0.2) is 11.6 Å². The molecule has 0 aromatic heterocycles. The summed E-state index contributed by atoms with van der Waals surface area (Å²) >= 11 is 0. The van der Waals surface area contributed by atoms with Crippen LogP contribution < -0.4 is 21.7 Å². The second-order valence-corrected chi connectivity index (χ2v) is 14.5. The highest BCUT2D eigenvalue weighted by Crippen LogP contribution is 2.21. The molecule has 5 N–H and O–H groups in total. The lowest BCUT2D eigenvalue weighted by Crippen LogP contribution is -2.49. The van der Waals surface area contributed by atoms with Crippen LogP contribution in [0, 0.1) is 17.8 Å². The van der Waals surface area contributed by atoms with Gasteiger partial charge in [0.1, 0.15) is 6.61 Å². The lowest BCUT2D eigenvalue weighted by Gasteiger charge is -2.23. The highest BCUT2D eigenvalue weighted by Gasteiger charge is 2.32. The van der Waals surface area contributed by atoms with Gasteiger partial charge in [-0.25, -0.2) is 4.79 Å². The molecule has 0 aliphatic rings. The Kier molecular flexibility index (Phi) is 16.0. The molecule has 4 aromatic rings. The lowest BCUT2D eigenvalue weighted by molar-refractivity contribution is -0.141. The van der Waals surface area contributed by atoms with Crippen LogP contribution in [-0.2, 0) is 53.0 Å². The molecule has 0 heterocycles. The molecular weight excluding hydrogens is 713 g/mol. The number of benzene rings is 4. The summed E-state index contributed by atoms with van der Waals surface area (Å²) in [6.07, 6.45) is -0.597. The molecule has 0 saturated heterocycles. The van der Waals surface area contributed by atoms with Gasteiger partial charge in [0.05, 0.1) is 18.6 Å². The van der Waals surface area contributed by atoms with Gasteiger partial charge in [-0.2, -0.15) is 0 Å². The summed E-state index contributed by atoms with van der Waals surface area (Å²) in [7, 11) is 0. The topological polar surface area (TPSA) is 191 Å². The quantitative estimate of drug-likeness (QED) is 0.0872. The Balaban J connectivity index is 1.32. The average molecular weight is 763 g/mol. The van der Waals surface area contributed by atoms with Gasteiger partial charge in [-0.1, -0.05) is 117 Å². The first-order valence-electron chi connectivity index (χ1n) is 18.7. The van der Waals surface area contributed by atoms with Crippen LogP contribution in [0.4, 0.5) is 4.79 Å². The van der Waals surface area contributed by atoms with E-state index in [-0.39, 0.29) is 44.6 Å². The molecule has 294 valence electrons. The number of carbonyl (C=O) groups excluding carboxylic acids is 7. The molecule has 0 fully saturated rings. The number of carbonyl (C=O) groups is 7. The average Bonchev–Trinajstić information content (AvgIpc) is 3.18. The number of fused-ring (bicyclic) bond motifs is 1. The fourth-order valence-electron chi connectivity index (χ4n) is 6.37. The number of ketones is 3. The maximum Gasteiger partial charge on any atom is 0.408 e. The minimum absolute atomic E-state index is 0.00489. The van der Waals surface area contributed by atoms with Crippen LogP contribution in [0.5, 0.6) is 0 Å². The first-order chi connectivity index (χ1) is 26.8. The maximum absolute atomic E-state index is 13.8. The van der Waals surface area contributed by atoms with Crippen LogP contribution in [0.15, 0.2) is 103 Å². The number of hydrogen-bond acceptors (Lipinski definition) is 8. The fraction of sp³-hybridized carbons (Fsp3) is 0.341. The minimum Gasteiger partial charge on any atom is -0.445 e. The molecule has 4 rings (SSSR count). The maximum atomic E-state index is 13.8. The van der Waals surface area contributed by atoms with E-state index in [1.54, 1.807) is 12.1 Å². The smallest absolute Gasteiger partial charge is 0.408 e. The van der Waals surface area contributed by atoms with Crippen molar-refractivity contribution in [2.45, 2.75) is 71.6 Å². The monoisotopic (exact) mass is 762 g/mol. The van der Waals surface area contributed by atoms with Crippen LogP contribution >= 0.6 is 0 Å². The zero-order valence-corrected chi connectivity index (χ0v) is 32.0. The number of nitrogens with two attached hydrogens (primary N) is 1. The molecule has 0 bridgehead atoms. The van der Waals surface area contributed by atoms with E-state index in [1.807, 2.05) is 105 Å². The van der Waals surface area contributed by atoms with Crippen LogP contribution in [0.3, 0.4) is 0 Å². The molecule has 12 nitrogen and oxygen atoms in total. The third kappa shape index (κ3) is 13.6. The number of amides is 4. The van der Waals surface area contributed by atoms with Gasteiger partial charge < -0.3 is 26.4 Å². The molecule has 4 aromatic carbocycles. The summed E-state index contributed by atoms with van der Waals surface area (Å²) in [6.45, 7) is 4.60. The Morgan fingerprint density at radius 1 is 0.661 bits per heavy atom. The van der Waals surface area contributed by atoms with Crippen LogP contribution in [0.2, 0.25) is 0 Å². The van der Waals surface area contributed by atoms with Crippen molar-refractivity contribution < 1.29 is 38.3 Å². The SMILES string of the molecule is CC(C)CC(CC(=O)C(Cc1ccccc1)NC(=O)OCc1ccccc1)C(=O)NC(C)C(=O)C(=O)NCC(=O)CC(Cc1ccc2ccccc2c1)C(N)=O. The Morgan fingerprint density at radius 3 is 1.93 bits per heavy atom. The van der Waals surface area contributed by atoms with E-state index in [2.05, 4.69) is 16.0 Å². The molecule has 4 atom stereocenters. The molecule has 4 unspecified atom stereocenters. The summed E-state index contributed by atoms with van der Waals surface area (Å²) in [4.78, 5) is 90.9. The summed E-state index contributed by atoms with van der Waals surface area (Å²) in [5, 5.41) is 9.52. The van der Waals surface area contributed by atoms with Gasteiger partial charge in [-0.05, 0) is 59.6 Å². The number of hydrogen-bond donors (Lipinski definition) is 4. The standard InChI is InChI=1S/C44H50N4O8/c1-28(2)20-36(25-39(50)38(23-30-12-6-4-7-13-30)48-44(55)56-27-31-14-8-5-9-15-31)42(53)47-29(3)40(51)43(54)46-26-37(49)24-35(41(45)52)22-32-18-19-33-16-10-11-17-34(33)21-32/h4-19,21,28-29,35-36,38H,20,22-27H2,1-3H3,(H2,45,52)(H,46,54)(H,47,53)(H,48,55). The second-order valence-electron chi connectivity index (χ2n) is 14.5. The second kappa shape index (κ2) is 21.1. The first-order valence-corrected chi connectivity index (χ1v) is 18.7. The van der Waals surface area contributed by atoms with Crippen LogP contribution in [-0.4, -0.2) is 59.8 Å². The van der Waals surface area contributed by atoms with E-state index in [0.717, 1.165) is 27.5 Å². The molecule has 0 saturated carbocycles. The van der Waals surface area contributed by atoms with Crippen molar-refractivity contribution in [3.8, 4) is 0 Å². The summed E-state index contributed by atoms with van der Waals surface area (Å²) in [5.74, 6) is -5.97. The van der Waals surface area contributed by atoms with Crippen LogP contribution in [0.25, 0.3) is 10.8 Å². The van der Waals surface area contributed by atoms with Gasteiger partial charge >= 0.3 is 6.09 Å². The lowest BCUT2D eigenvalue weighted by atomic mass is 9.88. The van der Waals surface area contributed by atoms with E-state index in [9.17, 15) is 33.6 Å². The van der Waals surface area contributed by atoms with E-state index in [1.165, 1.54) is 6.92 Å². The molecule has 12 heteroatoms. The first kappa shape index (κ1) is 42.6. The van der Waals surface area contributed by atoms with Crippen molar-refractivity contribution in [1.82, 2.24) is 16.0 Å². The Morgan fingerprint density at radius 2 is 1.29 bits per heavy atom. The van der Waals surface area contributed by atoms with Crippen molar-refractivity contribution in [1.29, 1.82) is 0 Å². The van der Waals surface area contributed by atoms with E-state index < -0.39 is 71.6 Å². The predicted molar refractivity (Wildman–Crippen MR) is 212 cm³/mol. The zero-order chi connectivity index (χ0) is 40.6. The zero-order valence-electron chi connectivity index (χ0n) is 32.0. The number of rotatable bonds is 21. The molecule has 4 amide bonds.